The van der Waals surface area contributed by atoms with Crippen LogP contribution in [0.1, 0.15) is 18.4 Å². The summed E-state index contributed by atoms with van der Waals surface area (Å²) in [6.07, 6.45) is 8.32. The van der Waals surface area contributed by atoms with Gasteiger partial charge < -0.3 is 14.7 Å². The van der Waals surface area contributed by atoms with Gasteiger partial charge in [-0.1, -0.05) is 60.4 Å². The Morgan fingerprint density at radius 1 is 1.03 bits per heavy atom. The summed E-state index contributed by atoms with van der Waals surface area (Å²) in [5, 5.41) is 12.5. The lowest BCUT2D eigenvalue weighted by Crippen LogP contribution is -1.83. The molecule has 4 rings (SSSR count). The second-order valence-corrected chi connectivity index (χ2v) is 6.75. The predicted octanol–water partition coefficient (Wildman–Crippen LogP) is 4.91. The van der Waals surface area contributed by atoms with Gasteiger partial charge in [-0.2, -0.15) is 4.98 Å². The van der Waals surface area contributed by atoms with E-state index in [1.807, 2.05) is 43.3 Å². The van der Waals surface area contributed by atoms with Gasteiger partial charge in [0.05, 0.1) is 5.75 Å². The second-order valence-electron chi connectivity index (χ2n) is 5.83. The van der Waals surface area contributed by atoms with Gasteiger partial charge in [-0.3, -0.25) is 9.98 Å². The van der Waals surface area contributed by atoms with Crippen LogP contribution in [-0.4, -0.2) is 38.6 Å². The molecule has 0 unspecified atom stereocenters. The number of hydrogen-bond donors (Lipinski definition) is 1. The first-order chi connectivity index (χ1) is 16.2. The number of pyridine rings is 1. The molecule has 0 atom stereocenters. The molecule has 0 amide bonds. The Hall–Kier alpha value is -3.89. The number of aromatic nitrogens is 5. The third-order valence-electron chi connectivity index (χ3n) is 3.78. The lowest BCUT2D eigenvalue weighted by molar-refractivity contribution is 0.391. The molecular formula is C23H25N7O2S. The zero-order valence-corrected chi connectivity index (χ0v) is 19.3. The highest BCUT2D eigenvalue weighted by atomic mass is 32.2. The standard InChI is InChI=1S/C18H13N5O2S.C4H7N.CH5N/c1-2-12-3-5-13(6-4-12)16-20-15(25-23-16)11-26-18-22-21-17(24-18)14-7-9-19-10-8-14;1-3-5-4-2;1-2/h2-10H,1,11H2;3-4H,1H2,2H3;2H2,1H3. The molecule has 170 valence electrons. The fourth-order valence-corrected chi connectivity index (χ4v) is 2.91. The molecule has 33 heavy (non-hydrogen) atoms. The van der Waals surface area contributed by atoms with E-state index in [0.717, 1.165) is 16.7 Å². The highest BCUT2D eigenvalue weighted by molar-refractivity contribution is 7.98. The van der Waals surface area contributed by atoms with E-state index in [1.54, 1.807) is 24.7 Å². The second kappa shape index (κ2) is 14.2. The van der Waals surface area contributed by atoms with Crippen LogP contribution in [0.2, 0.25) is 0 Å². The molecule has 0 aliphatic carbocycles. The Morgan fingerprint density at radius 2 is 1.76 bits per heavy atom. The van der Waals surface area contributed by atoms with Crippen LogP contribution in [0.4, 0.5) is 0 Å². The number of nitrogens with zero attached hydrogens (tertiary/aromatic N) is 6. The van der Waals surface area contributed by atoms with Crippen LogP contribution in [0.25, 0.3) is 28.9 Å². The predicted molar refractivity (Wildman–Crippen MR) is 131 cm³/mol. The number of benzene rings is 1. The van der Waals surface area contributed by atoms with E-state index >= 15 is 0 Å². The molecule has 3 aromatic heterocycles. The highest BCUT2D eigenvalue weighted by Gasteiger charge is 2.13. The smallest absolute Gasteiger partial charge is 0.277 e. The minimum Gasteiger partial charge on any atom is -0.411 e. The third kappa shape index (κ3) is 7.95. The van der Waals surface area contributed by atoms with Crippen molar-refractivity contribution < 1.29 is 8.94 Å². The summed E-state index contributed by atoms with van der Waals surface area (Å²) in [6, 6.07) is 11.4. The largest absolute Gasteiger partial charge is 0.411 e. The lowest BCUT2D eigenvalue weighted by Gasteiger charge is -1.95. The summed E-state index contributed by atoms with van der Waals surface area (Å²) in [4.78, 5) is 12.0. The topological polar surface area (TPSA) is 129 Å². The summed E-state index contributed by atoms with van der Waals surface area (Å²) in [5.41, 5.74) is 7.24. The van der Waals surface area contributed by atoms with E-state index in [0.29, 0.717) is 28.6 Å². The van der Waals surface area contributed by atoms with Crippen molar-refractivity contribution in [3.05, 3.63) is 79.6 Å². The Labute approximate surface area is 196 Å². The number of nitrogens with two attached hydrogens (primary N) is 1. The highest BCUT2D eigenvalue weighted by Crippen LogP contribution is 2.26. The van der Waals surface area contributed by atoms with Crippen LogP contribution in [0.3, 0.4) is 0 Å². The SMILES string of the molecule is C=CN=CC.C=Cc1ccc(-c2noc(CSc3nnc(-c4ccncc4)o3)n2)cc1.CN. The van der Waals surface area contributed by atoms with Gasteiger partial charge in [0.25, 0.3) is 5.22 Å². The van der Waals surface area contributed by atoms with Crippen molar-refractivity contribution in [2.24, 2.45) is 10.7 Å². The van der Waals surface area contributed by atoms with E-state index in [4.69, 9.17) is 8.94 Å². The fraction of sp³-hybridized carbons (Fsp3) is 0.130. The number of thioether (sulfide) groups is 1. The fourth-order valence-electron chi connectivity index (χ4n) is 2.31. The number of aliphatic imine (C=N–C) groups is 1. The summed E-state index contributed by atoms with van der Waals surface area (Å²) in [5.74, 6) is 1.92. The molecule has 10 heteroatoms. The molecule has 9 nitrogen and oxygen atoms in total. The Bertz CT molecular complexity index is 1140. The normalized spacial score (nSPS) is 10.0. The van der Waals surface area contributed by atoms with Crippen LogP contribution < -0.4 is 5.73 Å². The van der Waals surface area contributed by atoms with E-state index in [2.05, 4.69) is 49.2 Å². The van der Waals surface area contributed by atoms with Crippen molar-refractivity contribution in [1.29, 1.82) is 0 Å². The van der Waals surface area contributed by atoms with Gasteiger partial charge >= 0.3 is 0 Å². The average molecular weight is 464 g/mol. The van der Waals surface area contributed by atoms with Crippen LogP contribution in [0.5, 0.6) is 0 Å². The van der Waals surface area contributed by atoms with Crippen LogP contribution in [0.15, 0.2) is 87.3 Å². The number of hydrogen-bond acceptors (Lipinski definition) is 10. The van der Waals surface area contributed by atoms with Crippen molar-refractivity contribution in [2.45, 2.75) is 17.9 Å². The minimum absolute atomic E-state index is 0.437. The van der Waals surface area contributed by atoms with Crippen molar-refractivity contribution >= 4 is 24.1 Å². The first kappa shape index (κ1) is 25.4. The third-order valence-corrected chi connectivity index (χ3v) is 4.58. The minimum atomic E-state index is 0.437. The molecule has 3 heterocycles. The first-order valence-electron chi connectivity index (χ1n) is 9.82. The van der Waals surface area contributed by atoms with Gasteiger partial charge in [0.1, 0.15) is 0 Å². The molecular weight excluding hydrogens is 438 g/mol. The van der Waals surface area contributed by atoms with E-state index in [-0.39, 0.29) is 0 Å². The quantitative estimate of drug-likeness (QED) is 0.300. The average Bonchev–Trinajstić information content (AvgIpc) is 3.56. The zero-order valence-electron chi connectivity index (χ0n) is 18.5. The van der Waals surface area contributed by atoms with Gasteiger partial charge in [0.15, 0.2) is 0 Å². The van der Waals surface area contributed by atoms with Crippen LogP contribution >= 0.6 is 11.8 Å². The van der Waals surface area contributed by atoms with Gasteiger partial charge in [0.2, 0.25) is 17.6 Å². The van der Waals surface area contributed by atoms with E-state index in [9.17, 15) is 0 Å². The number of rotatable bonds is 7. The zero-order chi connectivity index (χ0) is 23.9. The van der Waals surface area contributed by atoms with E-state index < -0.39 is 0 Å². The maximum absolute atomic E-state index is 5.62. The van der Waals surface area contributed by atoms with Crippen molar-refractivity contribution in [1.82, 2.24) is 25.3 Å². The molecule has 0 bridgehead atoms. The molecule has 4 aromatic rings. The molecule has 0 spiro atoms. The molecule has 0 radical (unpaired) electrons. The summed E-state index contributed by atoms with van der Waals surface area (Å²) < 4.78 is 10.9. The van der Waals surface area contributed by atoms with E-state index in [1.165, 1.54) is 25.0 Å². The first-order valence-corrected chi connectivity index (χ1v) is 10.8. The Kier molecular flexibility index (Phi) is 10.9. The van der Waals surface area contributed by atoms with Crippen LogP contribution in [0, 0.1) is 0 Å². The monoisotopic (exact) mass is 463 g/mol. The molecule has 0 aliphatic heterocycles. The summed E-state index contributed by atoms with van der Waals surface area (Å²) in [6.45, 7) is 8.94. The molecule has 0 fully saturated rings. The van der Waals surface area contributed by atoms with Gasteiger partial charge in [-0.15, -0.1) is 10.2 Å². The molecule has 0 aliphatic rings. The van der Waals surface area contributed by atoms with Gasteiger partial charge in [-0.05, 0) is 31.7 Å². The molecule has 0 saturated carbocycles. The van der Waals surface area contributed by atoms with Crippen LogP contribution in [-0.2, 0) is 5.75 Å². The lowest BCUT2D eigenvalue weighted by atomic mass is 10.1. The Balaban J connectivity index is 0.000000489. The maximum atomic E-state index is 5.62. The summed E-state index contributed by atoms with van der Waals surface area (Å²) >= 11 is 1.34. The van der Waals surface area contributed by atoms with Gasteiger partial charge in [0, 0.05) is 35.9 Å². The molecule has 0 saturated heterocycles. The summed E-state index contributed by atoms with van der Waals surface area (Å²) in [7, 11) is 1.50. The van der Waals surface area contributed by atoms with Crippen molar-refractivity contribution in [2.75, 3.05) is 7.05 Å². The van der Waals surface area contributed by atoms with Crippen molar-refractivity contribution in [3.8, 4) is 22.8 Å². The van der Waals surface area contributed by atoms with Crippen molar-refractivity contribution in [3.63, 3.8) is 0 Å². The molecule has 1 aromatic carbocycles. The maximum Gasteiger partial charge on any atom is 0.277 e. The van der Waals surface area contributed by atoms with Gasteiger partial charge in [-0.25, -0.2) is 0 Å². The molecule has 2 N–H and O–H groups in total. The Morgan fingerprint density at radius 3 is 2.36 bits per heavy atom.